The lowest BCUT2D eigenvalue weighted by atomic mass is 10.0. The van der Waals surface area contributed by atoms with Crippen LogP contribution in [0.4, 0.5) is 5.69 Å². The van der Waals surface area contributed by atoms with Crippen LogP contribution in [0.1, 0.15) is 30.9 Å². The fourth-order valence-electron chi connectivity index (χ4n) is 2.53. The first-order valence-corrected chi connectivity index (χ1v) is 6.75. The maximum absolute atomic E-state index is 3.67. The first-order chi connectivity index (χ1) is 8.19. The van der Waals surface area contributed by atoms with Crippen LogP contribution in [-0.4, -0.2) is 30.6 Å². The highest BCUT2D eigenvalue weighted by atomic mass is 15.2. The summed E-state index contributed by atoms with van der Waals surface area (Å²) in [5.41, 5.74) is 4.02. The van der Waals surface area contributed by atoms with Crippen molar-refractivity contribution in [2.45, 2.75) is 39.7 Å². The molecule has 0 bridgehead atoms. The molecule has 1 N–H and O–H groups in total. The molecule has 1 aliphatic rings. The summed E-state index contributed by atoms with van der Waals surface area (Å²) in [5, 5.41) is 3.67. The van der Waals surface area contributed by atoms with Crippen LogP contribution in [0.25, 0.3) is 0 Å². The molecule has 1 heterocycles. The van der Waals surface area contributed by atoms with Crippen LogP contribution in [0.5, 0.6) is 0 Å². The molecule has 2 nitrogen and oxygen atoms in total. The fourth-order valence-corrected chi connectivity index (χ4v) is 2.53. The first-order valence-electron chi connectivity index (χ1n) is 6.75. The van der Waals surface area contributed by atoms with Crippen molar-refractivity contribution in [1.82, 2.24) is 4.90 Å². The quantitative estimate of drug-likeness (QED) is 0.861. The van der Waals surface area contributed by atoms with Crippen molar-refractivity contribution in [3.63, 3.8) is 0 Å². The number of benzene rings is 1. The lowest BCUT2D eigenvalue weighted by Crippen LogP contribution is -2.41. The fraction of sp³-hybridized carbons (Fsp3) is 0.600. The first kappa shape index (κ1) is 12.4. The van der Waals surface area contributed by atoms with E-state index in [1.165, 1.54) is 49.3 Å². The zero-order valence-corrected chi connectivity index (χ0v) is 11.3. The van der Waals surface area contributed by atoms with Gasteiger partial charge in [0.15, 0.2) is 0 Å². The maximum Gasteiger partial charge on any atom is 0.0388 e. The monoisotopic (exact) mass is 232 g/mol. The molecule has 1 atom stereocenters. The third kappa shape index (κ3) is 3.22. The van der Waals surface area contributed by atoms with Crippen molar-refractivity contribution >= 4 is 5.69 Å². The lowest BCUT2D eigenvalue weighted by molar-refractivity contribution is 0.227. The Morgan fingerprint density at radius 3 is 2.82 bits per heavy atom. The van der Waals surface area contributed by atoms with Gasteiger partial charge in [0.2, 0.25) is 0 Å². The van der Waals surface area contributed by atoms with Crippen molar-refractivity contribution in [3.05, 3.63) is 29.3 Å². The average molecular weight is 232 g/mol. The molecule has 94 valence electrons. The van der Waals surface area contributed by atoms with Crippen molar-refractivity contribution < 1.29 is 0 Å². The molecule has 0 amide bonds. The molecular formula is C15H24N2. The Morgan fingerprint density at radius 2 is 2.12 bits per heavy atom. The molecule has 0 spiro atoms. The molecule has 0 aliphatic carbocycles. The molecular weight excluding hydrogens is 208 g/mol. The largest absolute Gasteiger partial charge is 0.381 e. The molecule has 1 aromatic rings. The number of nitrogens with one attached hydrogen (secondary N) is 1. The number of anilines is 1. The Bertz CT molecular complexity index is 373. The Hall–Kier alpha value is -1.02. The standard InChI is InChI=1S/C15H24N2/c1-4-17-9-5-6-15(11-17)16-14-8-7-12(2)13(3)10-14/h7-8,10,15-16H,4-6,9,11H2,1-3H3/t15-/m0/s1. The van der Waals surface area contributed by atoms with Gasteiger partial charge < -0.3 is 10.2 Å². The highest BCUT2D eigenvalue weighted by Gasteiger charge is 2.18. The zero-order chi connectivity index (χ0) is 12.3. The second kappa shape index (κ2) is 5.54. The van der Waals surface area contributed by atoms with Crippen molar-refractivity contribution in [2.24, 2.45) is 0 Å². The van der Waals surface area contributed by atoms with Gasteiger partial charge in [-0.3, -0.25) is 0 Å². The number of hydrogen-bond donors (Lipinski definition) is 1. The zero-order valence-electron chi connectivity index (χ0n) is 11.3. The molecule has 1 aromatic carbocycles. The molecule has 1 fully saturated rings. The summed E-state index contributed by atoms with van der Waals surface area (Å²) < 4.78 is 0. The maximum atomic E-state index is 3.67. The van der Waals surface area contributed by atoms with Crippen LogP contribution in [-0.2, 0) is 0 Å². The lowest BCUT2D eigenvalue weighted by Gasteiger charge is -2.33. The summed E-state index contributed by atoms with van der Waals surface area (Å²) in [4.78, 5) is 2.53. The van der Waals surface area contributed by atoms with E-state index in [9.17, 15) is 0 Å². The van der Waals surface area contributed by atoms with Gasteiger partial charge in [0.1, 0.15) is 0 Å². The van der Waals surface area contributed by atoms with Crippen molar-refractivity contribution in [2.75, 3.05) is 25.0 Å². The average Bonchev–Trinajstić information content (AvgIpc) is 2.34. The van der Waals surface area contributed by atoms with E-state index in [1.54, 1.807) is 0 Å². The van der Waals surface area contributed by atoms with Gasteiger partial charge in [0.25, 0.3) is 0 Å². The van der Waals surface area contributed by atoms with Crippen molar-refractivity contribution in [1.29, 1.82) is 0 Å². The smallest absolute Gasteiger partial charge is 0.0388 e. The third-order valence-electron chi connectivity index (χ3n) is 3.83. The summed E-state index contributed by atoms with van der Waals surface area (Å²) in [7, 11) is 0. The Morgan fingerprint density at radius 1 is 1.29 bits per heavy atom. The number of nitrogens with zero attached hydrogens (tertiary/aromatic N) is 1. The summed E-state index contributed by atoms with van der Waals surface area (Å²) in [6.45, 7) is 10.2. The summed E-state index contributed by atoms with van der Waals surface area (Å²) in [6, 6.07) is 7.29. The van der Waals surface area contributed by atoms with E-state index in [4.69, 9.17) is 0 Å². The molecule has 0 radical (unpaired) electrons. The highest BCUT2D eigenvalue weighted by molar-refractivity contribution is 5.48. The molecule has 2 heteroatoms. The van der Waals surface area contributed by atoms with Gasteiger partial charge in [-0.15, -0.1) is 0 Å². The van der Waals surface area contributed by atoms with E-state index in [-0.39, 0.29) is 0 Å². The molecule has 17 heavy (non-hydrogen) atoms. The molecule has 0 saturated carbocycles. The SMILES string of the molecule is CCN1CCC[C@H](Nc2ccc(C)c(C)c2)C1. The topological polar surface area (TPSA) is 15.3 Å². The van der Waals surface area contributed by atoms with Gasteiger partial charge in [0, 0.05) is 18.3 Å². The Balaban J connectivity index is 1.97. The molecule has 1 saturated heterocycles. The number of rotatable bonds is 3. The van der Waals surface area contributed by atoms with Gasteiger partial charge in [-0.25, -0.2) is 0 Å². The van der Waals surface area contributed by atoms with E-state index in [1.807, 2.05) is 0 Å². The van der Waals surface area contributed by atoms with Gasteiger partial charge >= 0.3 is 0 Å². The molecule has 1 aliphatic heterocycles. The minimum Gasteiger partial charge on any atom is -0.381 e. The van der Waals surface area contributed by atoms with Crippen LogP contribution in [0, 0.1) is 13.8 Å². The van der Waals surface area contributed by atoms with E-state index < -0.39 is 0 Å². The van der Waals surface area contributed by atoms with E-state index in [0.717, 1.165) is 0 Å². The van der Waals surface area contributed by atoms with Crippen molar-refractivity contribution in [3.8, 4) is 0 Å². The van der Waals surface area contributed by atoms with Crippen LogP contribution in [0.2, 0.25) is 0 Å². The minimum atomic E-state index is 0.616. The Labute approximate surface area is 105 Å². The van der Waals surface area contributed by atoms with E-state index >= 15 is 0 Å². The van der Waals surface area contributed by atoms with Gasteiger partial charge in [0.05, 0.1) is 0 Å². The molecule has 0 unspecified atom stereocenters. The number of piperidine rings is 1. The molecule has 0 aromatic heterocycles. The Kier molecular flexibility index (Phi) is 4.06. The van der Waals surface area contributed by atoms with Gasteiger partial charge in [-0.2, -0.15) is 0 Å². The van der Waals surface area contributed by atoms with Crippen LogP contribution < -0.4 is 5.32 Å². The van der Waals surface area contributed by atoms with Crippen LogP contribution in [0.3, 0.4) is 0 Å². The summed E-state index contributed by atoms with van der Waals surface area (Å²) >= 11 is 0. The predicted octanol–water partition coefficient (Wildman–Crippen LogP) is 3.20. The number of hydrogen-bond acceptors (Lipinski definition) is 2. The van der Waals surface area contributed by atoms with Gasteiger partial charge in [-0.1, -0.05) is 13.0 Å². The summed E-state index contributed by atoms with van der Waals surface area (Å²) in [6.07, 6.45) is 2.61. The van der Waals surface area contributed by atoms with Crippen LogP contribution in [0.15, 0.2) is 18.2 Å². The van der Waals surface area contributed by atoms with Gasteiger partial charge in [-0.05, 0) is 63.0 Å². The second-order valence-electron chi connectivity index (χ2n) is 5.18. The predicted molar refractivity (Wildman–Crippen MR) is 74.7 cm³/mol. The van der Waals surface area contributed by atoms with Crippen LogP contribution >= 0.6 is 0 Å². The highest BCUT2D eigenvalue weighted by Crippen LogP contribution is 2.18. The number of likely N-dealkylation sites (N-methyl/N-ethyl adjacent to an activating group) is 1. The number of aryl methyl sites for hydroxylation is 2. The third-order valence-corrected chi connectivity index (χ3v) is 3.83. The number of likely N-dealkylation sites (tertiary alicyclic amines) is 1. The van der Waals surface area contributed by atoms with E-state index in [0.29, 0.717) is 6.04 Å². The van der Waals surface area contributed by atoms with E-state index in [2.05, 4.69) is 49.2 Å². The summed E-state index contributed by atoms with van der Waals surface area (Å²) in [5.74, 6) is 0. The molecule has 2 rings (SSSR count). The normalized spacial score (nSPS) is 21.5. The second-order valence-corrected chi connectivity index (χ2v) is 5.18. The minimum absolute atomic E-state index is 0.616.